The van der Waals surface area contributed by atoms with Gasteiger partial charge in [-0.3, -0.25) is 9.78 Å². The molecule has 28 heavy (non-hydrogen) atoms. The number of imidazole rings is 1. The normalized spacial score (nSPS) is 19.1. The van der Waals surface area contributed by atoms with E-state index in [2.05, 4.69) is 14.9 Å². The van der Waals surface area contributed by atoms with E-state index < -0.39 is 0 Å². The Hall–Kier alpha value is -2.28. The van der Waals surface area contributed by atoms with Gasteiger partial charge in [0.25, 0.3) is 0 Å². The molecule has 2 fully saturated rings. The van der Waals surface area contributed by atoms with Crippen LogP contribution in [0.3, 0.4) is 0 Å². The number of amides is 1. The Balaban J connectivity index is 1.34. The van der Waals surface area contributed by atoms with Gasteiger partial charge in [0.15, 0.2) is 0 Å². The van der Waals surface area contributed by atoms with Crippen molar-refractivity contribution >= 4 is 5.91 Å². The van der Waals surface area contributed by atoms with Crippen LogP contribution >= 0.6 is 0 Å². The Labute approximate surface area is 166 Å². The molecule has 1 amide bonds. The lowest BCUT2D eigenvalue weighted by atomic mass is 9.90. The highest BCUT2D eigenvalue weighted by molar-refractivity contribution is 5.79. The number of aryl methyl sites for hydroxylation is 1. The highest BCUT2D eigenvalue weighted by atomic mass is 16.5. The number of piperidine rings is 1. The molecule has 0 atom stereocenters. The number of ether oxygens (including phenoxy) is 1. The topological polar surface area (TPSA) is 73.1 Å². The predicted molar refractivity (Wildman–Crippen MR) is 106 cm³/mol. The summed E-state index contributed by atoms with van der Waals surface area (Å²) in [6, 6.07) is 0. The third-order valence-electron chi connectivity index (χ3n) is 6.16. The lowest BCUT2D eigenvalue weighted by Crippen LogP contribution is -2.43. The van der Waals surface area contributed by atoms with Crippen LogP contribution in [0.2, 0.25) is 0 Å². The van der Waals surface area contributed by atoms with Crippen molar-refractivity contribution in [3.8, 4) is 11.4 Å². The average molecular weight is 383 g/mol. The van der Waals surface area contributed by atoms with Gasteiger partial charge in [-0.15, -0.1) is 0 Å². The Kier molecular flexibility index (Phi) is 5.71. The smallest absolute Gasteiger partial charge is 0.225 e. The van der Waals surface area contributed by atoms with Crippen LogP contribution in [-0.2, 0) is 23.0 Å². The van der Waals surface area contributed by atoms with Crippen LogP contribution in [0.25, 0.3) is 11.4 Å². The molecular formula is C21H29N5O2. The van der Waals surface area contributed by atoms with E-state index in [4.69, 9.17) is 9.72 Å². The van der Waals surface area contributed by atoms with Crippen LogP contribution in [0, 0.1) is 18.8 Å². The SMILES string of the molecule is Cc1ncc(-c2cncc(CC3CCN(C(=O)C4CCOCC4)CC3)n2)n1C. The number of nitrogens with zero attached hydrogens (tertiary/aromatic N) is 5. The van der Waals surface area contributed by atoms with E-state index >= 15 is 0 Å². The van der Waals surface area contributed by atoms with E-state index in [1.807, 2.05) is 30.9 Å². The number of likely N-dealkylation sites (tertiary alicyclic amines) is 1. The highest BCUT2D eigenvalue weighted by Crippen LogP contribution is 2.25. The highest BCUT2D eigenvalue weighted by Gasteiger charge is 2.29. The molecule has 0 bridgehead atoms. The second-order valence-corrected chi connectivity index (χ2v) is 8.00. The van der Waals surface area contributed by atoms with Crippen LogP contribution in [0.5, 0.6) is 0 Å². The van der Waals surface area contributed by atoms with Crippen molar-refractivity contribution in [1.29, 1.82) is 0 Å². The monoisotopic (exact) mass is 383 g/mol. The minimum absolute atomic E-state index is 0.162. The molecule has 2 saturated heterocycles. The second kappa shape index (κ2) is 8.39. The zero-order chi connectivity index (χ0) is 19.5. The summed E-state index contributed by atoms with van der Waals surface area (Å²) in [4.78, 5) is 28.3. The lowest BCUT2D eigenvalue weighted by molar-refractivity contribution is -0.139. The van der Waals surface area contributed by atoms with Crippen molar-refractivity contribution in [2.45, 2.75) is 39.0 Å². The van der Waals surface area contributed by atoms with Crippen molar-refractivity contribution in [2.75, 3.05) is 26.3 Å². The summed E-state index contributed by atoms with van der Waals surface area (Å²) >= 11 is 0. The van der Waals surface area contributed by atoms with E-state index in [0.717, 1.165) is 81.3 Å². The Morgan fingerprint density at radius 1 is 1.14 bits per heavy atom. The van der Waals surface area contributed by atoms with Gasteiger partial charge in [-0.2, -0.15) is 0 Å². The summed E-state index contributed by atoms with van der Waals surface area (Å²) in [5, 5.41) is 0. The van der Waals surface area contributed by atoms with Crippen LogP contribution in [0.15, 0.2) is 18.6 Å². The molecule has 2 aliphatic rings. The Morgan fingerprint density at radius 2 is 1.89 bits per heavy atom. The van der Waals surface area contributed by atoms with Crippen LogP contribution in [-0.4, -0.2) is 56.6 Å². The lowest BCUT2D eigenvalue weighted by Gasteiger charge is -2.35. The third kappa shape index (κ3) is 4.09. The van der Waals surface area contributed by atoms with E-state index in [1.165, 1.54) is 0 Å². The number of hydrogen-bond acceptors (Lipinski definition) is 5. The molecule has 7 heteroatoms. The van der Waals surface area contributed by atoms with E-state index in [1.54, 1.807) is 6.20 Å². The predicted octanol–water partition coefficient (Wildman–Crippen LogP) is 2.39. The van der Waals surface area contributed by atoms with E-state index in [9.17, 15) is 4.79 Å². The van der Waals surface area contributed by atoms with Gasteiger partial charge in [0, 0.05) is 45.5 Å². The molecular weight excluding hydrogens is 354 g/mol. The zero-order valence-corrected chi connectivity index (χ0v) is 16.8. The molecule has 2 aromatic rings. The minimum atomic E-state index is 0.162. The van der Waals surface area contributed by atoms with E-state index in [-0.39, 0.29) is 5.92 Å². The summed E-state index contributed by atoms with van der Waals surface area (Å²) in [7, 11) is 2.00. The summed E-state index contributed by atoms with van der Waals surface area (Å²) in [5.41, 5.74) is 2.88. The largest absolute Gasteiger partial charge is 0.381 e. The van der Waals surface area contributed by atoms with Gasteiger partial charge >= 0.3 is 0 Å². The van der Waals surface area contributed by atoms with Gasteiger partial charge in [0.2, 0.25) is 5.91 Å². The fourth-order valence-corrected chi connectivity index (χ4v) is 4.22. The minimum Gasteiger partial charge on any atom is -0.381 e. The maximum atomic E-state index is 12.7. The third-order valence-corrected chi connectivity index (χ3v) is 6.16. The number of carbonyl (C=O) groups is 1. The maximum Gasteiger partial charge on any atom is 0.225 e. The quantitative estimate of drug-likeness (QED) is 0.811. The molecule has 0 radical (unpaired) electrons. The molecule has 4 rings (SSSR count). The summed E-state index contributed by atoms with van der Waals surface area (Å²) in [6.45, 7) is 5.14. The Morgan fingerprint density at radius 3 is 2.57 bits per heavy atom. The summed E-state index contributed by atoms with van der Waals surface area (Å²) in [6.07, 6.45) is 10.2. The van der Waals surface area contributed by atoms with E-state index in [0.29, 0.717) is 11.8 Å². The van der Waals surface area contributed by atoms with Crippen molar-refractivity contribution in [1.82, 2.24) is 24.4 Å². The number of carbonyl (C=O) groups excluding carboxylic acids is 1. The molecule has 0 aromatic carbocycles. The van der Waals surface area contributed by atoms with Gasteiger partial charge < -0.3 is 14.2 Å². The number of rotatable bonds is 4. The summed E-state index contributed by atoms with van der Waals surface area (Å²) < 4.78 is 7.42. The zero-order valence-electron chi connectivity index (χ0n) is 16.8. The molecule has 150 valence electrons. The van der Waals surface area contributed by atoms with Gasteiger partial charge in [-0.05, 0) is 44.9 Å². The standard InChI is InChI=1S/C21H29N5O2/c1-15-23-14-20(25(15)2)19-13-22-12-18(24-19)11-16-3-7-26(8-4-16)21(27)17-5-9-28-10-6-17/h12-14,16-17H,3-11H2,1-2H3. The van der Waals surface area contributed by atoms with Crippen molar-refractivity contribution < 1.29 is 9.53 Å². The maximum absolute atomic E-state index is 12.7. The molecule has 0 saturated carbocycles. The van der Waals surface area contributed by atoms with Gasteiger partial charge in [-0.1, -0.05) is 0 Å². The molecule has 0 aliphatic carbocycles. The molecule has 0 unspecified atom stereocenters. The van der Waals surface area contributed by atoms with Crippen LogP contribution in [0.4, 0.5) is 0 Å². The fraction of sp³-hybridized carbons (Fsp3) is 0.619. The van der Waals surface area contributed by atoms with Crippen molar-refractivity contribution in [2.24, 2.45) is 18.9 Å². The number of aromatic nitrogens is 4. The van der Waals surface area contributed by atoms with Gasteiger partial charge in [0.1, 0.15) is 11.5 Å². The second-order valence-electron chi connectivity index (χ2n) is 8.00. The van der Waals surface area contributed by atoms with Gasteiger partial charge in [0.05, 0.1) is 23.8 Å². The first-order valence-electron chi connectivity index (χ1n) is 10.3. The van der Waals surface area contributed by atoms with Crippen LogP contribution in [0.1, 0.15) is 37.2 Å². The van der Waals surface area contributed by atoms with Crippen molar-refractivity contribution in [3.05, 3.63) is 30.1 Å². The van der Waals surface area contributed by atoms with Gasteiger partial charge in [-0.25, -0.2) is 9.97 Å². The first kappa shape index (κ1) is 19.1. The molecule has 4 heterocycles. The van der Waals surface area contributed by atoms with Crippen LogP contribution < -0.4 is 0 Å². The molecule has 7 nitrogen and oxygen atoms in total. The first-order valence-corrected chi connectivity index (χ1v) is 10.3. The first-order chi connectivity index (χ1) is 13.6. The Bertz CT molecular complexity index is 820. The molecule has 2 aromatic heterocycles. The average Bonchev–Trinajstić information content (AvgIpc) is 3.07. The fourth-order valence-electron chi connectivity index (χ4n) is 4.22. The number of hydrogen-bond donors (Lipinski definition) is 0. The van der Waals surface area contributed by atoms with Crippen molar-refractivity contribution in [3.63, 3.8) is 0 Å². The molecule has 0 N–H and O–H groups in total. The summed E-state index contributed by atoms with van der Waals surface area (Å²) in [5.74, 6) is 2.01. The molecule has 2 aliphatic heterocycles. The molecule has 0 spiro atoms.